The summed E-state index contributed by atoms with van der Waals surface area (Å²) in [4.78, 5) is 22.9. The van der Waals surface area contributed by atoms with E-state index in [0.29, 0.717) is 18.4 Å². The van der Waals surface area contributed by atoms with E-state index >= 15 is 0 Å². The summed E-state index contributed by atoms with van der Waals surface area (Å²) in [5.41, 5.74) is 3.41. The van der Waals surface area contributed by atoms with E-state index in [9.17, 15) is 14.7 Å². The van der Waals surface area contributed by atoms with Gasteiger partial charge >= 0.3 is 11.9 Å². The van der Waals surface area contributed by atoms with E-state index in [-0.39, 0.29) is 30.3 Å². The molecule has 154 valence electrons. The predicted octanol–water partition coefficient (Wildman–Crippen LogP) is 5.15. The highest BCUT2D eigenvalue weighted by molar-refractivity contribution is 5.94. The van der Waals surface area contributed by atoms with Gasteiger partial charge in [0.2, 0.25) is 0 Å². The summed E-state index contributed by atoms with van der Waals surface area (Å²) in [6.45, 7) is 3.88. The van der Waals surface area contributed by atoms with Crippen molar-refractivity contribution in [2.45, 2.75) is 64.3 Å². The highest BCUT2D eigenvalue weighted by Crippen LogP contribution is 2.34. The molecule has 29 heavy (non-hydrogen) atoms. The summed E-state index contributed by atoms with van der Waals surface area (Å²) >= 11 is 0. The normalized spacial score (nSPS) is 20.1. The zero-order valence-electron chi connectivity index (χ0n) is 17.0. The van der Waals surface area contributed by atoms with Crippen molar-refractivity contribution in [1.29, 1.82) is 0 Å². The van der Waals surface area contributed by atoms with E-state index in [1.54, 1.807) is 13.0 Å². The molecule has 2 aliphatic rings. The number of hydrogen-bond acceptors (Lipinski definition) is 5. The third kappa shape index (κ3) is 5.04. The number of hydrogen-bond donors (Lipinski definition) is 1. The first-order valence-corrected chi connectivity index (χ1v) is 10.3. The van der Waals surface area contributed by atoms with E-state index in [1.807, 2.05) is 42.5 Å². The van der Waals surface area contributed by atoms with Crippen LogP contribution in [0, 0.1) is 0 Å². The molecule has 0 aliphatic carbocycles. The van der Waals surface area contributed by atoms with Gasteiger partial charge in [0, 0.05) is 11.1 Å². The molecule has 0 saturated carbocycles. The van der Waals surface area contributed by atoms with Crippen LogP contribution in [0.1, 0.15) is 90.0 Å². The lowest BCUT2D eigenvalue weighted by Crippen LogP contribution is -2.05. The van der Waals surface area contributed by atoms with Crippen molar-refractivity contribution in [2.75, 3.05) is 0 Å². The molecule has 5 nitrogen and oxygen atoms in total. The van der Waals surface area contributed by atoms with Gasteiger partial charge in [-0.1, -0.05) is 49.7 Å². The van der Waals surface area contributed by atoms with E-state index in [0.717, 1.165) is 36.0 Å². The zero-order valence-corrected chi connectivity index (χ0v) is 17.0. The van der Waals surface area contributed by atoms with Crippen LogP contribution in [0.25, 0.3) is 0 Å². The van der Waals surface area contributed by atoms with Crippen LogP contribution in [0.3, 0.4) is 0 Å². The van der Waals surface area contributed by atoms with Gasteiger partial charge in [0.05, 0.1) is 17.2 Å². The summed E-state index contributed by atoms with van der Waals surface area (Å²) < 4.78 is 10.5. The minimum absolute atomic E-state index is 0.00125. The highest BCUT2D eigenvalue weighted by Gasteiger charge is 2.30. The molecule has 2 heterocycles. The Morgan fingerprint density at radius 3 is 1.83 bits per heavy atom. The second kappa shape index (κ2) is 9.70. The molecular weight excluding hydrogens is 368 g/mol. The lowest BCUT2D eigenvalue weighted by atomic mass is 10.0. The topological polar surface area (TPSA) is 72.8 Å². The monoisotopic (exact) mass is 396 g/mol. The predicted molar refractivity (Wildman–Crippen MR) is 110 cm³/mol. The number of rotatable bonds is 6. The van der Waals surface area contributed by atoms with Crippen LogP contribution in [0.15, 0.2) is 48.5 Å². The summed E-state index contributed by atoms with van der Waals surface area (Å²) in [6, 6.07) is 15.1. The van der Waals surface area contributed by atoms with Crippen molar-refractivity contribution in [3.8, 4) is 0 Å². The van der Waals surface area contributed by atoms with Crippen LogP contribution >= 0.6 is 0 Å². The van der Waals surface area contributed by atoms with Gasteiger partial charge in [0.1, 0.15) is 12.2 Å². The van der Waals surface area contributed by atoms with Crippen molar-refractivity contribution in [1.82, 2.24) is 0 Å². The van der Waals surface area contributed by atoms with E-state index in [4.69, 9.17) is 9.47 Å². The molecule has 0 fully saturated rings. The van der Waals surface area contributed by atoms with Crippen molar-refractivity contribution in [2.24, 2.45) is 0 Å². The number of aliphatic hydroxyl groups is 1. The van der Waals surface area contributed by atoms with Crippen LogP contribution in [-0.2, 0) is 9.47 Å². The second-order valence-corrected chi connectivity index (χ2v) is 7.53. The third-order valence-electron chi connectivity index (χ3n) is 5.22. The molecule has 0 saturated heterocycles. The number of ether oxygens (including phenoxy) is 2. The molecule has 2 aromatic rings. The Bertz CT molecular complexity index is 858. The number of cyclic esters (lactones) is 2. The van der Waals surface area contributed by atoms with Gasteiger partial charge < -0.3 is 14.6 Å². The maximum Gasteiger partial charge on any atom is 0.339 e. The number of unbranched alkanes of at least 4 members (excludes halogenated alkanes) is 1. The van der Waals surface area contributed by atoms with Crippen LogP contribution in [0.2, 0.25) is 0 Å². The van der Waals surface area contributed by atoms with Gasteiger partial charge in [-0.05, 0) is 44.7 Å². The van der Waals surface area contributed by atoms with Crippen molar-refractivity contribution < 1.29 is 24.2 Å². The Labute approximate surface area is 171 Å². The Hall–Kier alpha value is -2.66. The van der Waals surface area contributed by atoms with E-state index < -0.39 is 0 Å². The summed E-state index contributed by atoms with van der Waals surface area (Å²) in [7, 11) is 0. The maximum absolute atomic E-state index is 11.4. The molecule has 5 heteroatoms. The zero-order chi connectivity index (χ0) is 20.8. The average molecular weight is 396 g/mol. The number of aliphatic hydroxyl groups excluding tert-OH is 1. The van der Waals surface area contributed by atoms with Crippen molar-refractivity contribution >= 4 is 11.9 Å². The first kappa shape index (κ1) is 21.1. The fourth-order valence-electron chi connectivity index (χ4n) is 3.65. The van der Waals surface area contributed by atoms with E-state index in [2.05, 4.69) is 6.92 Å². The van der Waals surface area contributed by atoms with Gasteiger partial charge in [-0.25, -0.2) is 9.59 Å². The lowest BCUT2D eigenvalue weighted by molar-refractivity contribution is 0.0331. The first-order valence-electron chi connectivity index (χ1n) is 10.3. The molecule has 2 aromatic carbocycles. The molecule has 3 unspecified atom stereocenters. The van der Waals surface area contributed by atoms with Crippen LogP contribution < -0.4 is 0 Å². The van der Waals surface area contributed by atoms with Gasteiger partial charge in [-0.2, -0.15) is 0 Å². The first-order chi connectivity index (χ1) is 14.0. The maximum atomic E-state index is 11.4. The van der Waals surface area contributed by atoms with Crippen LogP contribution in [0.4, 0.5) is 0 Å². The Balaban J connectivity index is 0.000000166. The summed E-state index contributed by atoms with van der Waals surface area (Å²) in [5, 5.41) is 9.19. The summed E-state index contributed by atoms with van der Waals surface area (Å²) in [5.74, 6) is -0.414. The Morgan fingerprint density at radius 1 is 0.862 bits per heavy atom. The Morgan fingerprint density at radius 2 is 1.34 bits per heavy atom. The van der Waals surface area contributed by atoms with Gasteiger partial charge in [-0.15, -0.1) is 0 Å². The largest absolute Gasteiger partial charge is 0.454 e. The second-order valence-electron chi connectivity index (χ2n) is 7.53. The molecule has 2 aliphatic heterocycles. The van der Waals surface area contributed by atoms with Gasteiger partial charge in [0.15, 0.2) is 0 Å². The minimum atomic E-state index is -0.350. The Kier molecular flexibility index (Phi) is 7.04. The number of esters is 2. The standard InChI is InChI=1S/C12H14O3.C12H14O2/c1-8(13)6-7-11-9-4-2-3-5-10(9)12(14)15-11;1-2-3-8-11-9-6-4-5-7-10(9)12(13)14-11/h2-5,8,11,13H,6-7H2,1H3;4-7,11H,2-3,8H2,1H3. The fourth-order valence-corrected chi connectivity index (χ4v) is 3.65. The molecule has 4 rings (SSSR count). The van der Waals surface area contributed by atoms with Gasteiger partial charge in [0.25, 0.3) is 0 Å². The molecular formula is C24H28O5. The molecule has 0 amide bonds. The molecule has 1 N–H and O–H groups in total. The number of benzene rings is 2. The smallest absolute Gasteiger partial charge is 0.339 e. The summed E-state index contributed by atoms with van der Waals surface area (Å²) in [6.07, 6.45) is 3.98. The van der Waals surface area contributed by atoms with Crippen LogP contribution in [0.5, 0.6) is 0 Å². The number of fused-ring (bicyclic) bond motifs is 2. The lowest BCUT2D eigenvalue weighted by Gasteiger charge is -2.11. The van der Waals surface area contributed by atoms with E-state index in [1.165, 1.54) is 0 Å². The van der Waals surface area contributed by atoms with Crippen LogP contribution in [-0.4, -0.2) is 23.1 Å². The molecule has 0 radical (unpaired) electrons. The molecule has 0 spiro atoms. The molecule has 0 aromatic heterocycles. The van der Waals surface area contributed by atoms with Crippen molar-refractivity contribution in [3.05, 3.63) is 70.8 Å². The average Bonchev–Trinajstić information content (AvgIpc) is 3.23. The third-order valence-corrected chi connectivity index (χ3v) is 5.22. The number of carbonyl (C=O) groups excluding carboxylic acids is 2. The fraction of sp³-hybridized carbons (Fsp3) is 0.417. The number of carbonyl (C=O) groups is 2. The SMILES string of the molecule is CC(O)CCC1OC(=O)c2ccccc21.CCCCC1OC(=O)c2ccccc21. The minimum Gasteiger partial charge on any atom is -0.454 e. The van der Waals surface area contributed by atoms with Gasteiger partial charge in [-0.3, -0.25) is 0 Å². The van der Waals surface area contributed by atoms with Crippen molar-refractivity contribution in [3.63, 3.8) is 0 Å². The molecule has 0 bridgehead atoms. The quantitative estimate of drug-likeness (QED) is 0.684. The highest BCUT2D eigenvalue weighted by atomic mass is 16.6. The molecule has 3 atom stereocenters.